The fraction of sp³-hybridized carbons (Fsp3) is 0.333. The van der Waals surface area contributed by atoms with Crippen molar-refractivity contribution in [3.8, 4) is 0 Å². The van der Waals surface area contributed by atoms with Crippen molar-refractivity contribution in [2.24, 2.45) is 9.98 Å². The highest BCUT2D eigenvalue weighted by Gasteiger charge is 2.10. The van der Waals surface area contributed by atoms with E-state index in [0.29, 0.717) is 6.67 Å². The molecule has 0 saturated carbocycles. The van der Waals surface area contributed by atoms with Crippen LogP contribution in [0.4, 0.5) is 17.1 Å². The molecule has 7 nitrogen and oxygen atoms in total. The summed E-state index contributed by atoms with van der Waals surface area (Å²) in [5, 5.41) is 10.0. The van der Waals surface area contributed by atoms with Gasteiger partial charge in [0, 0.05) is 50.3 Å². The third-order valence-corrected chi connectivity index (χ3v) is 4.45. The Bertz CT molecular complexity index is 834. The normalized spacial score (nSPS) is 12.1. The molecule has 31 heavy (non-hydrogen) atoms. The van der Waals surface area contributed by atoms with Crippen molar-refractivity contribution in [2.75, 3.05) is 63.5 Å². The molecule has 0 aliphatic heterocycles. The minimum absolute atomic E-state index is 0.496. The molecule has 1 aromatic carbocycles. The van der Waals surface area contributed by atoms with Gasteiger partial charge in [-0.1, -0.05) is 25.3 Å². The molecule has 0 spiro atoms. The van der Waals surface area contributed by atoms with Crippen molar-refractivity contribution in [2.45, 2.75) is 6.92 Å². The third kappa shape index (κ3) is 8.92. The molecule has 0 radical (unpaired) electrons. The van der Waals surface area contributed by atoms with Crippen LogP contribution in [0, 0.1) is 0 Å². The number of aliphatic imine (C=N–C) groups is 2. The summed E-state index contributed by atoms with van der Waals surface area (Å²) in [4.78, 5) is 12.5. The zero-order valence-electron chi connectivity index (χ0n) is 19.6. The molecular weight excluding hydrogens is 386 g/mol. The van der Waals surface area contributed by atoms with Gasteiger partial charge in [-0.15, -0.1) is 0 Å². The van der Waals surface area contributed by atoms with Crippen LogP contribution in [0.5, 0.6) is 0 Å². The van der Waals surface area contributed by atoms with E-state index < -0.39 is 0 Å². The van der Waals surface area contributed by atoms with Crippen molar-refractivity contribution in [3.05, 3.63) is 67.1 Å². The smallest absolute Gasteiger partial charge is 0.130 e. The molecule has 0 fully saturated rings. The number of amidine groups is 1. The highest BCUT2D eigenvalue weighted by molar-refractivity contribution is 6.00. The van der Waals surface area contributed by atoms with Crippen LogP contribution in [-0.2, 0) is 0 Å². The molecule has 0 aromatic heterocycles. The zero-order chi connectivity index (χ0) is 23.2. The van der Waals surface area contributed by atoms with Gasteiger partial charge in [-0.25, -0.2) is 0 Å². The monoisotopic (exact) mass is 423 g/mol. The predicted octanol–water partition coefficient (Wildman–Crippen LogP) is 3.94. The third-order valence-electron chi connectivity index (χ3n) is 4.45. The lowest BCUT2D eigenvalue weighted by Crippen LogP contribution is -2.30. The maximum atomic E-state index is 4.31. The topological polar surface area (TPSA) is 67.3 Å². The number of likely N-dealkylation sites (N-methyl/N-ethyl adjacent to an activating group) is 2. The number of nitrogens with zero attached hydrogens (tertiary/aromatic N) is 4. The molecule has 0 heterocycles. The Morgan fingerprint density at radius 3 is 2.52 bits per heavy atom. The van der Waals surface area contributed by atoms with Crippen LogP contribution < -0.4 is 20.9 Å². The summed E-state index contributed by atoms with van der Waals surface area (Å²) in [5.41, 5.74) is 4.63. The number of anilines is 3. The van der Waals surface area contributed by atoms with Crippen LogP contribution in [0.25, 0.3) is 0 Å². The van der Waals surface area contributed by atoms with Crippen LogP contribution >= 0.6 is 0 Å². The lowest BCUT2D eigenvalue weighted by Gasteiger charge is -2.25. The van der Waals surface area contributed by atoms with Gasteiger partial charge >= 0.3 is 0 Å². The second kappa shape index (κ2) is 13.8. The molecule has 0 bridgehead atoms. The average molecular weight is 424 g/mol. The van der Waals surface area contributed by atoms with E-state index in [1.165, 1.54) is 0 Å². The molecule has 0 atom stereocenters. The number of allylic oxidation sites excluding steroid dienone is 2. The lowest BCUT2D eigenvalue weighted by atomic mass is 10.2. The molecular formula is C24H37N7. The van der Waals surface area contributed by atoms with Gasteiger partial charge in [-0.3, -0.25) is 9.98 Å². The SMILES string of the molecule is C=CC(=C)Nc1cc(NCNC(=NC)C(/C=C\C)=C\N=C)ccc1N(C)CCN(C)C. The van der Waals surface area contributed by atoms with Crippen molar-refractivity contribution >= 4 is 29.6 Å². The number of benzene rings is 1. The van der Waals surface area contributed by atoms with E-state index in [0.717, 1.165) is 47.3 Å². The van der Waals surface area contributed by atoms with Gasteiger partial charge in [0.2, 0.25) is 0 Å². The summed E-state index contributed by atoms with van der Waals surface area (Å²) in [6, 6.07) is 6.22. The van der Waals surface area contributed by atoms with Gasteiger partial charge in [0.05, 0.1) is 18.0 Å². The Hall–Kier alpha value is -3.32. The summed E-state index contributed by atoms with van der Waals surface area (Å²) in [6.07, 6.45) is 7.26. The van der Waals surface area contributed by atoms with Crippen molar-refractivity contribution in [3.63, 3.8) is 0 Å². The van der Waals surface area contributed by atoms with Gasteiger partial charge in [0.1, 0.15) is 5.84 Å². The van der Waals surface area contributed by atoms with E-state index >= 15 is 0 Å². The van der Waals surface area contributed by atoms with E-state index in [9.17, 15) is 0 Å². The maximum Gasteiger partial charge on any atom is 0.130 e. The summed E-state index contributed by atoms with van der Waals surface area (Å²) in [6.45, 7) is 15.6. The first-order chi connectivity index (χ1) is 14.9. The summed E-state index contributed by atoms with van der Waals surface area (Å²) in [5.74, 6) is 0.733. The largest absolute Gasteiger partial charge is 0.372 e. The van der Waals surface area contributed by atoms with E-state index in [4.69, 9.17) is 0 Å². The van der Waals surface area contributed by atoms with E-state index in [1.807, 2.05) is 19.1 Å². The standard InChI is InChI=1S/C24H37N7/c1-9-11-20(17-25-4)24(26-5)28-18-27-21-12-13-23(31(8)15-14-30(6)7)22(16-21)29-19(3)10-2/h9-13,16-17,27,29H,2-4,14-15,18H2,1,5-8H3,(H,26,28)/b11-9-,20-17-. The maximum absolute atomic E-state index is 4.31. The minimum atomic E-state index is 0.496. The summed E-state index contributed by atoms with van der Waals surface area (Å²) < 4.78 is 0. The Kier molecular flexibility index (Phi) is 11.5. The number of hydrogen-bond donors (Lipinski definition) is 3. The Morgan fingerprint density at radius 2 is 1.94 bits per heavy atom. The van der Waals surface area contributed by atoms with Gasteiger partial charge in [0.15, 0.2) is 0 Å². The van der Waals surface area contributed by atoms with Crippen molar-refractivity contribution in [1.82, 2.24) is 10.2 Å². The number of nitrogens with one attached hydrogen (secondary N) is 3. The fourth-order valence-corrected chi connectivity index (χ4v) is 2.77. The Morgan fingerprint density at radius 1 is 1.19 bits per heavy atom. The van der Waals surface area contributed by atoms with Gasteiger partial charge in [0.25, 0.3) is 0 Å². The second-order valence-electron chi connectivity index (χ2n) is 7.18. The number of hydrogen-bond acceptors (Lipinski definition) is 6. The van der Waals surface area contributed by atoms with Gasteiger partial charge < -0.3 is 25.8 Å². The van der Waals surface area contributed by atoms with Gasteiger partial charge in [-0.05, 0) is 52.0 Å². The lowest BCUT2D eigenvalue weighted by molar-refractivity contribution is 0.416. The molecule has 168 valence electrons. The van der Waals surface area contributed by atoms with E-state index in [2.05, 4.69) is 95.0 Å². The molecule has 1 aromatic rings. The average Bonchev–Trinajstić information content (AvgIpc) is 2.75. The first-order valence-electron chi connectivity index (χ1n) is 10.2. The molecule has 0 unspecified atom stereocenters. The minimum Gasteiger partial charge on any atom is -0.372 e. The van der Waals surface area contributed by atoms with Crippen LogP contribution in [0.1, 0.15) is 6.92 Å². The Labute approximate surface area is 187 Å². The molecule has 3 N–H and O–H groups in total. The summed E-state index contributed by atoms with van der Waals surface area (Å²) in [7, 11) is 7.97. The van der Waals surface area contributed by atoms with E-state index in [-0.39, 0.29) is 0 Å². The van der Waals surface area contributed by atoms with Crippen LogP contribution in [0.3, 0.4) is 0 Å². The van der Waals surface area contributed by atoms with Crippen molar-refractivity contribution in [1.29, 1.82) is 0 Å². The first-order valence-corrected chi connectivity index (χ1v) is 10.2. The van der Waals surface area contributed by atoms with Crippen molar-refractivity contribution < 1.29 is 0 Å². The number of rotatable bonds is 13. The fourth-order valence-electron chi connectivity index (χ4n) is 2.77. The van der Waals surface area contributed by atoms with Crippen LogP contribution in [-0.4, -0.2) is 65.4 Å². The highest BCUT2D eigenvalue weighted by Crippen LogP contribution is 2.29. The second-order valence-corrected chi connectivity index (χ2v) is 7.18. The molecule has 0 aliphatic carbocycles. The van der Waals surface area contributed by atoms with E-state index in [1.54, 1.807) is 19.3 Å². The quantitative estimate of drug-likeness (QED) is 0.194. The highest BCUT2D eigenvalue weighted by atomic mass is 15.2. The molecule has 0 saturated heterocycles. The van der Waals surface area contributed by atoms with Crippen LogP contribution in [0.2, 0.25) is 0 Å². The molecule has 0 amide bonds. The van der Waals surface area contributed by atoms with Gasteiger partial charge in [-0.2, -0.15) is 0 Å². The molecule has 0 aliphatic rings. The Balaban J connectivity index is 2.96. The molecule has 1 rings (SSSR count). The molecule has 7 heteroatoms. The summed E-state index contributed by atoms with van der Waals surface area (Å²) >= 11 is 0. The zero-order valence-corrected chi connectivity index (χ0v) is 19.6. The predicted molar refractivity (Wildman–Crippen MR) is 139 cm³/mol. The first kappa shape index (κ1) is 25.7. The van der Waals surface area contributed by atoms with Crippen LogP contribution in [0.15, 0.2) is 77.0 Å².